The number of pyridine rings is 1. The van der Waals surface area contributed by atoms with Crippen molar-refractivity contribution in [3.63, 3.8) is 0 Å². The van der Waals surface area contributed by atoms with E-state index in [0.29, 0.717) is 24.0 Å². The molecule has 0 spiro atoms. The minimum Gasteiger partial charge on any atom is -0.480 e. The Kier molecular flexibility index (Phi) is 5.99. The summed E-state index contributed by atoms with van der Waals surface area (Å²) in [6.07, 6.45) is 6.70. The number of halogens is 1. The maximum absolute atomic E-state index is 13.0. The SMILES string of the molecule is COc1cncc(N2CCN(C(=O)C3CCN(c4ccc(Cl)cn4)CC3)CC2)n1. The average Bonchev–Trinajstić information content (AvgIpc) is 2.79. The third-order valence-corrected chi connectivity index (χ3v) is 5.83. The molecule has 9 heteroatoms. The van der Waals surface area contributed by atoms with Gasteiger partial charge in [0.15, 0.2) is 5.82 Å². The summed E-state index contributed by atoms with van der Waals surface area (Å²) in [7, 11) is 1.58. The van der Waals surface area contributed by atoms with Gasteiger partial charge in [0.05, 0.1) is 24.5 Å². The van der Waals surface area contributed by atoms with Gasteiger partial charge in [-0.25, -0.2) is 4.98 Å². The van der Waals surface area contributed by atoms with Gasteiger partial charge in [-0.05, 0) is 25.0 Å². The molecular weight excluding hydrogens is 392 g/mol. The van der Waals surface area contributed by atoms with E-state index in [-0.39, 0.29) is 11.8 Å². The number of carbonyl (C=O) groups is 1. The lowest BCUT2D eigenvalue weighted by atomic mass is 9.95. The molecule has 2 aromatic rings. The molecule has 0 aromatic carbocycles. The maximum atomic E-state index is 13.0. The Morgan fingerprint density at radius 3 is 2.38 bits per heavy atom. The first-order valence-corrected chi connectivity index (χ1v) is 10.3. The second-order valence-corrected chi connectivity index (χ2v) is 7.76. The molecule has 154 valence electrons. The highest BCUT2D eigenvalue weighted by atomic mass is 35.5. The molecule has 1 amide bonds. The van der Waals surface area contributed by atoms with Crippen molar-refractivity contribution in [2.24, 2.45) is 5.92 Å². The monoisotopic (exact) mass is 416 g/mol. The Balaban J connectivity index is 1.28. The first-order chi connectivity index (χ1) is 14.1. The van der Waals surface area contributed by atoms with E-state index in [4.69, 9.17) is 16.3 Å². The first kappa shape index (κ1) is 19.7. The predicted molar refractivity (Wildman–Crippen MR) is 112 cm³/mol. The molecule has 0 unspecified atom stereocenters. The van der Waals surface area contributed by atoms with Crippen LogP contribution in [0.2, 0.25) is 5.02 Å². The van der Waals surface area contributed by atoms with Gasteiger partial charge in [-0.2, -0.15) is 4.98 Å². The molecule has 29 heavy (non-hydrogen) atoms. The summed E-state index contributed by atoms with van der Waals surface area (Å²) in [6.45, 7) is 4.59. The van der Waals surface area contributed by atoms with Crippen LogP contribution in [0.5, 0.6) is 5.88 Å². The normalized spacial score (nSPS) is 18.1. The Morgan fingerprint density at radius 1 is 1.00 bits per heavy atom. The van der Waals surface area contributed by atoms with Gasteiger partial charge in [-0.3, -0.25) is 9.78 Å². The molecule has 0 aliphatic carbocycles. The molecule has 4 rings (SSSR count). The molecule has 2 aliphatic rings. The van der Waals surface area contributed by atoms with Gasteiger partial charge in [0, 0.05) is 51.4 Å². The van der Waals surface area contributed by atoms with Gasteiger partial charge < -0.3 is 19.4 Å². The van der Waals surface area contributed by atoms with E-state index in [1.165, 1.54) is 0 Å². The summed E-state index contributed by atoms with van der Waals surface area (Å²) in [6, 6.07) is 3.79. The Labute approximate surface area is 175 Å². The smallest absolute Gasteiger partial charge is 0.233 e. The van der Waals surface area contributed by atoms with Crippen molar-refractivity contribution in [1.29, 1.82) is 0 Å². The summed E-state index contributed by atoms with van der Waals surface area (Å²) in [5.74, 6) is 2.57. The summed E-state index contributed by atoms with van der Waals surface area (Å²) < 4.78 is 5.15. The number of nitrogens with zero attached hydrogens (tertiary/aromatic N) is 6. The maximum Gasteiger partial charge on any atom is 0.233 e. The minimum absolute atomic E-state index is 0.0849. The Hall–Kier alpha value is -2.61. The van der Waals surface area contributed by atoms with Crippen LogP contribution in [0.3, 0.4) is 0 Å². The van der Waals surface area contributed by atoms with E-state index in [1.807, 2.05) is 17.0 Å². The summed E-state index contributed by atoms with van der Waals surface area (Å²) in [5.41, 5.74) is 0. The lowest BCUT2D eigenvalue weighted by molar-refractivity contribution is -0.136. The molecule has 0 bridgehead atoms. The fraction of sp³-hybridized carbons (Fsp3) is 0.500. The molecular formula is C20H25ClN6O2. The second-order valence-electron chi connectivity index (χ2n) is 7.33. The molecule has 0 radical (unpaired) electrons. The molecule has 8 nitrogen and oxygen atoms in total. The lowest BCUT2D eigenvalue weighted by Gasteiger charge is -2.39. The van der Waals surface area contributed by atoms with Crippen molar-refractivity contribution in [1.82, 2.24) is 19.9 Å². The molecule has 2 saturated heterocycles. The first-order valence-electron chi connectivity index (χ1n) is 9.90. The van der Waals surface area contributed by atoms with Crippen molar-refractivity contribution >= 4 is 29.1 Å². The second kappa shape index (κ2) is 8.82. The molecule has 2 aliphatic heterocycles. The number of amides is 1. The number of rotatable bonds is 4. The van der Waals surface area contributed by atoms with Crippen LogP contribution in [0.4, 0.5) is 11.6 Å². The number of hydrogen-bond acceptors (Lipinski definition) is 7. The highest BCUT2D eigenvalue weighted by molar-refractivity contribution is 6.30. The molecule has 0 N–H and O–H groups in total. The van der Waals surface area contributed by atoms with Crippen LogP contribution >= 0.6 is 11.6 Å². The number of hydrogen-bond donors (Lipinski definition) is 0. The highest BCUT2D eigenvalue weighted by Gasteiger charge is 2.31. The van der Waals surface area contributed by atoms with Crippen LogP contribution in [0, 0.1) is 5.92 Å². The standard InChI is InChI=1S/C20H25ClN6O2/c1-29-19-14-22-13-18(24-19)26-8-10-27(11-9-26)20(28)15-4-6-25(7-5-15)17-3-2-16(21)12-23-17/h2-3,12-15H,4-11H2,1H3. The van der Waals surface area contributed by atoms with Crippen LogP contribution in [0.1, 0.15) is 12.8 Å². The van der Waals surface area contributed by atoms with Crippen molar-refractivity contribution in [2.75, 3.05) is 56.2 Å². The number of piperidine rings is 1. The number of piperazine rings is 1. The molecule has 2 fully saturated rings. The zero-order valence-electron chi connectivity index (χ0n) is 16.5. The fourth-order valence-corrected chi connectivity index (χ4v) is 4.03. The quantitative estimate of drug-likeness (QED) is 0.755. The van der Waals surface area contributed by atoms with Gasteiger partial charge in [-0.1, -0.05) is 11.6 Å². The van der Waals surface area contributed by atoms with Crippen LogP contribution in [0.25, 0.3) is 0 Å². The molecule has 2 aromatic heterocycles. The van der Waals surface area contributed by atoms with Gasteiger partial charge in [-0.15, -0.1) is 0 Å². The molecule has 0 saturated carbocycles. The van der Waals surface area contributed by atoms with E-state index in [0.717, 1.165) is 50.7 Å². The topological polar surface area (TPSA) is 74.7 Å². The number of anilines is 2. The molecule has 0 atom stereocenters. The summed E-state index contributed by atoms with van der Waals surface area (Å²) >= 11 is 5.92. The average molecular weight is 417 g/mol. The van der Waals surface area contributed by atoms with Gasteiger partial charge in [0.25, 0.3) is 0 Å². The third-order valence-electron chi connectivity index (χ3n) is 5.60. The zero-order valence-corrected chi connectivity index (χ0v) is 17.3. The zero-order chi connectivity index (χ0) is 20.2. The molecule has 4 heterocycles. The van der Waals surface area contributed by atoms with E-state index in [9.17, 15) is 4.79 Å². The van der Waals surface area contributed by atoms with Crippen LogP contribution in [0.15, 0.2) is 30.7 Å². The number of aromatic nitrogens is 3. The van der Waals surface area contributed by atoms with Crippen molar-refractivity contribution < 1.29 is 9.53 Å². The van der Waals surface area contributed by atoms with Crippen molar-refractivity contribution in [3.05, 3.63) is 35.7 Å². The summed E-state index contributed by atoms with van der Waals surface area (Å²) in [5, 5.41) is 0.637. The van der Waals surface area contributed by atoms with E-state index in [2.05, 4.69) is 24.8 Å². The predicted octanol–water partition coefficient (Wildman–Crippen LogP) is 2.10. The Morgan fingerprint density at radius 2 is 1.72 bits per heavy atom. The Bertz CT molecular complexity index is 833. The van der Waals surface area contributed by atoms with E-state index >= 15 is 0 Å². The van der Waals surface area contributed by atoms with E-state index in [1.54, 1.807) is 25.7 Å². The lowest BCUT2D eigenvalue weighted by Crippen LogP contribution is -2.52. The van der Waals surface area contributed by atoms with Crippen molar-refractivity contribution in [2.45, 2.75) is 12.8 Å². The van der Waals surface area contributed by atoms with E-state index < -0.39 is 0 Å². The third kappa shape index (κ3) is 4.53. The summed E-state index contributed by atoms with van der Waals surface area (Å²) in [4.78, 5) is 32.3. The van der Waals surface area contributed by atoms with Crippen LogP contribution in [-0.2, 0) is 4.79 Å². The fourth-order valence-electron chi connectivity index (χ4n) is 3.91. The minimum atomic E-state index is 0.0849. The van der Waals surface area contributed by atoms with Crippen LogP contribution in [-0.4, -0.2) is 72.1 Å². The van der Waals surface area contributed by atoms with Crippen molar-refractivity contribution in [3.8, 4) is 5.88 Å². The van der Waals surface area contributed by atoms with Gasteiger partial charge in [0.1, 0.15) is 5.82 Å². The largest absolute Gasteiger partial charge is 0.480 e. The number of methoxy groups -OCH3 is 1. The number of ether oxygens (including phenoxy) is 1. The number of carbonyl (C=O) groups excluding carboxylic acids is 1. The highest BCUT2D eigenvalue weighted by Crippen LogP contribution is 2.25. The van der Waals surface area contributed by atoms with Crippen LogP contribution < -0.4 is 14.5 Å². The van der Waals surface area contributed by atoms with Gasteiger partial charge >= 0.3 is 0 Å². The van der Waals surface area contributed by atoms with Gasteiger partial charge in [0.2, 0.25) is 11.8 Å².